The van der Waals surface area contributed by atoms with Gasteiger partial charge in [-0.25, -0.2) is 17.6 Å². The second-order valence-corrected chi connectivity index (χ2v) is 4.06. The Hall–Kier alpha value is -2.15. The average Bonchev–Trinajstić information content (AvgIpc) is 2.41. The third-order valence-electron chi connectivity index (χ3n) is 2.36. The molecule has 0 aliphatic carbocycles. The first-order chi connectivity index (χ1) is 9.41. The molecule has 0 unspecified atom stereocenters. The molecule has 0 spiro atoms. The summed E-state index contributed by atoms with van der Waals surface area (Å²) in [5, 5.41) is 1.69. The molecule has 20 heavy (non-hydrogen) atoms. The second kappa shape index (κ2) is 5.46. The van der Waals surface area contributed by atoms with Gasteiger partial charge in [0.25, 0.3) is 5.91 Å². The first kappa shape index (κ1) is 14.3. The van der Waals surface area contributed by atoms with Crippen molar-refractivity contribution in [3.8, 4) is 0 Å². The third-order valence-corrected chi connectivity index (χ3v) is 2.69. The minimum absolute atomic E-state index is 0.0322. The van der Waals surface area contributed by atoms with Crippen LogP contribution in [0.5, 0.6) is 0 Å². The van der Waals surface area contributed by atoms with Crippen molar-refractivity contribution >= 4 is 23.2 Å². The zero-order valence-corrected chi connectivity index (χ0v) is 10.3. The van der Waals surface area contributed by atoms with E-state index in [0.29, 0.717) is 0 Å². The van der Waals surface area contributed by atoms with Crippen molar-refractivity contribution in [1.82, 2.24) is 4.98 Å². The van der Waals surface area contributed by atoms with Crippen LogP contribution < -0.4 is 5.32 Å². The number of hydrogen-bond donors (Lipinski definition) is 1. The number of benzene rings is 1. The van der Waals surface area contributed by atoms with E-state index in [-0.39, 0.29) is 16.7 Å². The van der Waals surface area contributed by atoms with Gasteiger partial charge in [-0.05, 0) is 6.07 Å². The number of carbonyl (C=O) groups excluding carboxylic acids is 1. The van der Waals surface area contributed by atoms with E-state index in [0.717, 1.165) is 6.20 Å². The predicted molar refractivity (Wildman–Crippen MR) is 63.5 cm³/mol. The minimum Gasteiger partial charge on any atom is -0.317 e. The van der Waals surface area contributed by atoms with Crippen LogP contribution in [-0.2, 0) is 0 Å². The molecular weight excluding hydrogens is 300 g/mol. The molecule has 1 aromatic carbocycles. The molecule has 1 heterocycles. The molecule has 0 radical (unpaired) electrons. The Balaban J connectivity index is 2.41. The van der Waals surface area contributed by atoms with Crippen molar-refractivity contribution in [2.45, 2.75) is 0 Å². The highest BCUT2D eigenvalue weighted by molar-refractivity contribution is 6.34. The van der Waals surface area contributed by atoms with Gasteiger partial charge in [0.1, 0.15) is 5.69 Å². The molecule has 1 amide bonds. The highest BCUT2D eigenvalue weighted by atomic mass is 35.5. The number of anilines is 1. The molecule has 2 rings (SSSR count). The second-order valence-electron chi connectivity index (χ2n) is 3.65. The zero-order chi connectivity index (χ0) is 14.9. The van der Waals surface area contributed by atoms with Crippen molar-refractivity contribution < 1.29 is 22.4 Å². The quantitative estimate of drug-likeness (QED) is 0.681. The van der Waals surface area contributed by atoms with Crippen molar-refractivity contribution in [3.63, 3.8) is 0 Å². The maximum atomic E-state index is 13.4. The molecule has 0 fully saturated rings. The molecule has 1 aromatic heterocycles. The molecule has 8 heteroatoms. The van der Waals surface area contributed by atoms with Gasteiger partial charge >= 0.3 is 0 Å². The predicted octanol–water partition coefficient (Wildman–Crippen LogP) is 3.54. The van der Waals surface area contributed by atoms with Gasteiger partial charge in [-0.2, -0.15) is 0 Å². The lowest BCUT2D eigenvalue weighted by Crippen LogP contribution is -2.16. The molecule has 3 nitrogen and oxygen atoms in total. The maximum absolute atomic E-state index is 13.4. The summed E-state index contributed by atoms with van der Waals surface area (Å²) in [5.41, 5.74) is -1.43. The van der Waals surface area contributed by atoms with Gasteiger partial charge < -0.3 is 5.32 Å². The highest BCUT2D eigenvalue weighted by Gasteiger charge is 2.22. The van der Waals surface area contributed by atoms with Crippen LogP contribution in [0.4, 0.5) is 23.2 Å². The lowest BCUT2D eigenvalue weighted by molar-refractivity contribution is 0.102. The largest absolute Gasteiger partial charge is 0.317 e. The van der Waals surface area contributed by atoms with Gasteiger partial charge in [-0.15, -0.1) is 0 Å². The fourth-order valence-electron chi connectivity index (χ4n) is 1.41. The summed E-state index contributed by atoms with van der Waals surface area (Å²) < 4.78 is 52.7. The van der Waals surface area contributed by atoms with Crippen LogP contribution in [0, 0.1) is 23.3 Å². The number of pyridine rings is 1. The summed E-state index contributed by atoms with van der Waals surface area (Å²) in [5.74, 6) is -7.73. The van der Waals surface area contributed by atoms with Crippen LogP contribution >= 0.6 is 11.6 Å². The van der Waals surface area contributed by atoms with Gasteiger partial charge in [-0.3, -0.25) is 9.78 Å². The smallest absolute Gasteiger partial charge is 0.258 e. The summed E-state index contributed by atoms with van der Waals surface area (Å²) in [6.07, 6.45) is 2.34. The molecule has 0 bridgehead atoms. The Kier molecular flexibility index (Phi) is 3.89. The van der Waals surface area contributed by atoms with E-state index in [2.05, 4.69) is 4.98 Å². The van der Waals surface area contributed by atoms with Crippen LogP contribution in [0.3, 0.4) is 0 Å². The number of nitrogens with zero attached hydrogens (tertiary/aromatic N) is 1. The Morgan fingerprint density at radius 1 is 1.15 bits per heavy atom. The van der Waals surface area contributed by atoms with E-state index in [1.54, 1.807) is 5.32 Å². The molecule has 0 saturated carbocycles. The number of aromatic nitrogens is 1. The third kappa shape index (κ3) is 2.57. The molecule has 2 aromatic rings. The molecule has 0 aliphatic heterocycles. The Labute approximate surface area is 115 Å². The van der Waals surface area contributed by atoms with Gasteiger partial charge in [0.2, 0.25) is 0 Å². The van der Waals surface area contributed by atoms with E-state index in [1.165, 1.54) is 12.3 Å². The molecule has 0 saturated heterocycles. The number of carbonyl (C=O) groups is 1. The first-order valence-corrected chi connectivity index (χ1v) is 5.53. The van der Waals surface area contributed by atoms with Gasteiger partial charge in [0, 0.05) is 18.5 Å². The summed E-state index contributed by atoms with van der Waals surface area (Å²) >= 11 is 5.69. The van der Waals surface area contributed by atoms with Crippen molar-refractivity contribution in [1.29, 1.82) is 0 Å². The first-order valence-electron chi connectivity index (χ1n) is 5.15. The fourth-order valence-corrected chi connectivity index (χ4v) is 1.60. The molecule has 1 N–H and O–H groups in total. The topological polar surface area (TPSA) is 42.0 Å². The summed E-state index contributed by atoms with van der Waals surface area (Å²) in [7, 11) is 0. The number of halogens is 5. The normalized spacial score (nSPS) is 10.4. The average molecular weight is 305 g/mol. The van der Waals surface area contributed by atoms with E-state index < -0.39 is 34.9 Å². The maximum Gasteiger partial charge on any atom is 0.258 e. The molecule has 104 valence electrons. The molecule has 0 aliphatic rings. The number of hydrogen-bond acceptors (Lipinski definition) is 2. The van der Waals surface area contributed by atoms with E-state index >= 15 is 0 Å². The Morgan fingerprint density at radius 2 is 1.75 bits per heavy atom. The van der Waals surface area contributed by atoms with Crippen LogP contribution in [0.1, 0.15) is 10.4 Å². The standard InChI is InChI=1S/C12H5ClF4N2O/c13-6-1-2-18-4-5(6)12(20)19-11-9(16)7(14)3-8(15)10(11)17/h1-4H,(H,19,20). The lowest BCUT2D eigenvalue weighted by Gasteiger charge is -2.09. The molecular formula is C12H5ClF4N2O. The van der Waals surface area contributed by atoms with Crippen molar-refractivity contribution in [3.05, 3.63) is 58.4 Å². The number of amides is 1. The van der Waals surface area contributed by atoms with Crippen molar-refractivity contribution in [2.75, 3.05) is 5.32 Å². The highest BCUT2D eigenvalue weighted by Crippen LogP contribution is 2.25. The SMILES string of the molecule is O=C(Nc1c(F)c(F)cc(F)c1F)c1cnccc1Cl. The van der Waals surface area contributed by atoms with Crippen LogP contribution in [-0.4, -0.2) is 10.9 Å². The zero-order valence-electron chi connectivity index (χ0n) is 9.55. The fraction of sp³-hybridized carbons (Fsp3) is 0. The summed E-state index contributed by atoms with van der Waals surface area (Å²) in [6.45, 7) is 0. The van der Waals surface area contributed by atoms with Gasteiger partial charge in [0.15, 0.2) is 23.3 Å². The molecule has 0 atom stereocenters. The number of nitrogens with one attached hydrogen (secondary N) is 1. The number of rotatable bonds is 2. The van der Waals surface area contributed by atoms with Crippen LogP contribution in [0.2, 0.25) is 5.02 Å². The van der Waals surface area contributed by atoms with Crippen LogP contribution in [0.25, 0.3) is 0 Å². The Bertz CT molecular complexity index is 667. The van der Waals surface area contributed by atoms with Gasteiger partial charge in [-0.1, -0.05) is 11.6 Å². The van der Waals surface area contributed by atoms with Crippen LogP contribution in [0.15, 0.2) is 24.5 Å². The van der Waals surface area contributed by atoms with Gasteiger partial charge in [0.05, 0.1) is 10.6 Å². The minimum atomic E-state index is -1.71. The van der Waals surface area contributed by atoms with Crippen molar-refractivity contribution in [2.24, 2.45) is 0 Å². The lowest BCUT2D eigenvalue weighted by atomic mass is 10.2. The summed E-state index contributed by atoms with van der Waals surface area (Å²) in [4.78, 5) is 15.4. The monoisotopic (exact) mass is 304 g/mol. The van der Waals surface area contributed by atoms with E-state index in [4.69, 9.17) is 11.6 Å². The van der Waals surface area contributed by atoms with E-state index in [1.807, 2.05) is 0 Å². The summed E-state index contributed by atoms with van der Waals surface area (Å²) in [6, 6.07) is 1.31. The Morgan fingerprint density at radius 3 is 2.30 bits per heavy atom. The van der Waals surface area contributed by atoms with E-state index in [9.17, 15) is 22.4 Å².